The van der Waals surface area contributed by atoms with Crippen molar-refractivity contribution in [3.05, 3.63) is 97.9 Å². The lowest BCUT2D eigenvalue weighted by Crippen LogP contribution is -2.36. The molecule has 0 aliphatic heterocycles. The second-order valence-corrected chi connectivity index (χ2v) is 8.27. The summed E-state index contributed by atoms with van der Waals surface area (Å²) in [7, 11) is 0. The van der Waals surface area contributed by atoms with Gasteiger partial charge in [0.15, 0.2) is 5.69 Å². The van der Waals surface area contributed by atoms with Crippen molar-refractivity contribution in [2.45, 2.75) is 6.92 Å². The number of furan rings is 1. The third-order valence-corrected chi connectivity index (χ3v) is 5.77. The third-order valence-electron chi connectivity index (χ3n) is 5.03. The molecule has 12 heteroatoms. The fourth-order valence-corrected chi connectivity index (χ4v) is 3.92. The van der Waals surface area contributed by atoms with Crippen LogP contribution in [0.3, 0.4) is 0 Å². The molecule has 2 N–H and O–H groups in total. The number of thiazole rings is 1. The van der Waals surface area contributed by atoms with E-state index in [0.717, 1.165) is 11.3 Å². The number of benzene rings is 2. The summed E-state index contributed by atoms with van der Waals surface area (Å²) in [6.45, 7) is 1.98. The van der Waals surface area contributed by atoms with Crippen molar-refractivity contribution in [2.75, 3.05) is 5.43 Å². The van der Waals surface area contributed by atoms with Gasteiger partial charge in [0.1, 0.15) is 11.5 Å². The van der Waals surface area contributed by atoms with E-state index in [-0.39, 0.29) is 11.4 Å². The number of nitro benzene ring substituents is 1. The molecule has 0 saturated carbocycles. The van der Waals surface area contributed by atoms with Crippen LogP contribution in [0.5, 0.6) is 0 Å². The van der Waals surface area contributed by atoms with Gasteiger partial charge in [0, 0.05) is 35.2 Å². The number of nitrogens with zero attached hydrogens (tertiary/aromatic N) is 4. The largest absolute Gasteiger partial charge is 0.455 e. The van der Waals surface area contributed by atoms with E-state index in [1.165, 1.54) is 34.4 Å². The maximum absolute atomic E-state index is 12.3. The summed E-state index contributed by atoms with van der Waals surface area (Å²) in [5.41, 5.74) is 5.52. The molecule has 0 amide bonds. The Hall–Kier alpha value is -4.84. The fraction of sp³-hybridized carbons (Fsp3) is 0.0435. The number of aromatic nitrogens is 3. The lowest BCUT2D eigenvalue weighted by atomic mass is 10.1. The number of anilines is 1. The van der Waals surface area contributed by atoms with Gasteiger partial charge in [0.05, 0.1) is 11.1 Å². The van der Waals surface area contributed by atoms with Gasteiger partial charge in [-0.25, -0.2) is 9.78 Å². The van der Waals surface area contributed by atoms with Gasteiger partial charge in [-0.15, -0.1) is 11.3 Å². The van der Waals surface area contributed by atoms with Crippen molar-refractivity contribution in [2.24, 2.45) is 5.10 Å². The van der Waals surface area contributed by atoms with E-state index in [9.17, 15) is 14.9 Å². The third kappa shape index (κ3) is 4.63. The lowest BCUT2D eigenvalue weighted by molar-refractivity contribution is -0.660. The summed E-state index contributed by atoms with van der Waals surface area (Å²) >= 11 is 1.27. The number of H-pyrrole nitrogens is 1. The molecule has 0 fully saturated rings. The van der Waals surface area contributed by atoms with Gasteiger partial charge in [0.25, 0.3) is 5.69 Å². The minimum absolute atomic E-state index is 0.0101. The van der Waals surface area contributed by atoms with Crippen molar-refractivity contribution in [3.8, 4) is 28.4 Å². The van der Waals surface area contributed by atoms with Gasteiger partial charge in [-0.2, -0.15) is 5.10 Å². The van der Waals surface area contributed by atoms with Crippen molar-refractivity contribution < 1.29 is 18.5 Å². The van der Waals surface area contributed by atoms with Crippen LogP contribution in [0, 0.1) is 17.0 Å². The average Bonchev–Trinajstić information content (AvgIpc) is 3.60. The number of nitro groups is 1. The number of non-ortho nitro benzene ring substituents is 1. The van der Waals surface area contributed by atoms with Gasteiger partial charge in [0.2, 0.25) is 10.8 Å². The SMILES string of the molecule is Cc1ccc(-[n+]2[nH]oc(=O)c2-c2csc(N/N=C/c3ccc(-c4ccc([N+](=O)[O-])cc4)o3)n2)cc1. The number of hydrazone groups is 1. The number of hydrogen-bond acceptors (Lipinski definition) is 9. The van der Waals surface area contributed by atoms with Crippen LogP contribution in [-0.4, -0.2) is 21.4 Å². The minimum Gasteiger partial charge on any atom is -0.455 e. The lowest BCUT2D eigenvalue weighted by Gasteiger charge is -1.96. The first-order valence-electron chi connectivity index (χ1n) is 10.3. The quantitative estimate of drug-likeness (QED) is 0.150. The van der Waals surface area contributed by atoms with Crippen LogP contribution in [0.25, 0.3) is 28.4 Å². The fourth-order valence-electron chi connectivity index (χ4n) is 3.28. The first-order valence-corrected chi connectivity index (χ1v) is 11.2. The van der Waals surface area contributed by atoms with E-state index in [0.29, 0.717) is 27.9 Å². The first-order chi connectivity index (χ1) is 17.0. The summed E-state index contributed by atoms with van der Waals surface area (Å²) in [6, 6.07) is 17.2. The molecule has 0 bridgehead atoms. The van der Waals surface area contributed by atoms with Crippen molar-refractivity contribution in [1.29, 1.82) is 0 Å². The summed E-state index contributed by atoms with van der Waals surface area (Å²) in [6.07, 6.45) is 1.48. The number of nitrogens with one attached hydrogen (secondary N) is 2. The molecule has 3 aromatic heterocycles. The first kappa shape index (κ1) is 22.0. The van der Waals surface area contributed by atoms with E-state index < -0.39 is 10.5 Å². The summed E-state index contributed by atoms with van der Waals surface area (Å²) in [5, 5.41) is 19.7. The molecular weight excluding hydrogens is 472 g/mol. The molecule has 0 saturated heterocycles. The van der Waals surface area contributed by atoms with E-state index in [2.05, 4.69) is 20.8 Å². The molecule has 2 aromatic carbocycles. The van der Waals surface area contributed by atoms with Gasteiger partial charge >= 0.3 is 11.3 Å². The van der Waals surface area contributed by atoms with Crippen molar-refractivity contribution in [1.82, 2.24) is 10.3 Å². The smallest absolute Gasteiger partial charge is 0.437 e. The van der Waals surface area contributed by atoms with E-state index in [1.807, 2.05) is 31.2 Å². The Kier molecular flexibility index (Phi) is 5.77. The highest BCUT2D eigenvalue weighted by Gasteiger charge is 2.27. The molecule has 11 nitrogen and oxygen atoms in total. The van der Waals surface area contributed by atoms with Crippen LogP contribution in [0.1, 0.15) is 11.3 Å². The molecule has 0 aliphatic carbocycles. The molecule has 0 unspecified atom stereocenters. The maximum Gasteiger partial charge on any atom is 0.437 e. The standard InChI is InChI=1S/C23H16N6O5S/c1-14-2-6-16(7-3-14)28-21(22(30)34-27-28)19-13-35-23(25-19)26-24-12-18-10-11-20(33-18)15-4-8-17(9-5-15)29(31)32/h2-13H,1H3,(H-,25,26,27,30)/p+1/b24-12+. The maximum atomic E-state index is 12.3. The van der Waals surface area contributed by atoms with E-state index >= 15 is 0 Å². The number of rotatable bonds is 7. The Bertz CT molecular complexity index is 1580. The van der Waals surface area contributed by atoms with Gasteiger partial charge in [-0.1, -0.05) is 17.7 Å². The van der Waals surface area contributed by atoms with Crippen LogP contribution in [0.4, 0.5) is 10.8 Å². The zero-order valence-electron chi connectivity index (χ0n) is 18.2. The Morgan fingerprint density at radius 3 is 2.66 bits per heavy atom. The Morgan fingerprint density at radius 2 is 1.91 bits per heavy atom. The minimum atomic E-state index is -0.541. The predicted octanol–water partition coefficient (Wildman–Crippen LogP) is 4.29. The molecule has 0 radical (unpaired) electrons. The molecule has 35 heavy (non-hydrogen) atoms. The summed E-state index contributed by atoms with van der Waals surface area (Å²) in [5.74, 6) is 1.03. The zero-order chi connectivity index (χ0) is 24.4. The number of aromatic amines is 1. The predicted molar refractivity (Wildman–Crippen MR) is 129 cm³/mol. The molecular formula is C23H17N6O5S+. The van der Waals surface area contributed by atoms with Gasteiger partial charge in [-0.3, -0.25) is 20.1 Å². The molecule has 3 heterocycles. The molecule has 174 valence electrons. The highest BCUT2D eigenvalue weighted by molar-refractivity contribution is 7.14. The molecule has 0 spiro atoms. The normalized spacial score (nSPS) is 11.2. The molecule has 5 rings (SSSR count). The Balaban J connectivity index is 1.29. The van der Waals surface area contributed by atoms with Crippen LogP contribution in [-0.2, 0) is 0 Å². The zero-order valence-corrected chi connectivity index (χ0v) is 19.0. The molecule has 5 aromatic rings. The second-order valence-electron chi connectivity index (χ2n) is 7.41. The Morgan fingerprint density at radius 1 is 1.14 bits per heavy atom. The van der Waals surface area contributed by atoms with Crippen LogP contribution in [0.2, 0.25) is 0 Å². The van der Waals surface area contributed by atoms with Crippen LogP contribution < -0.4 is 15.7 Å². The van der Waals surface area contributed by atoms with Gasteiger partial charge < -0.3 is 4.42 Å². The highest BCUT2D eigenvalue weighted by Crippen LogP contribution is 2.24. The monoisotopic (exact) mass is 489 g/mol. The summed E-state index contributed by atoms with van der Waals surface area (Å²) < 4.78 is 12.2. The van der Waals surface area contributed by atoms with E-state index in [4.69, 9.17) is 8.94 Å². The molecule has 0 aliphatic rings. The van der Waals surface area contributed by atoms with Crippen molar-refractivity contribution >= 4 is 28.4 Å². The van der Waals surface area contributed by atoms with Crippen LogP contribution in [0.15, 0.2) is 84.9 Å². The average molecular weight is 489 g/mol. The van der Waals surface area contributed by atoms with E-state index in [1.54, 1.807) is 29.6 Å². The number of hydrogen-bond donors (Lipinski definition) is 2. The topological polar surface area (TPSA) is 143 Å². The van der Waals surface area contributed by atoms with Crippen molar-refractivity contribution in [3.63, 3.8) is 0 Å². The Labute approximate surface area is 201 Å². The number of aryl methyl sites for hydroxylation is 1. The van der Waals surface area contributed by atoms with Gasteiger partial charge in [-0.05, 0) is 41.1 Å². The highest BCUT2D eigenvalue weighted by atomic mass is 32.1. The molecule has 0 atom stereocenters. The second kappa shape index (κ2) is 9.19. The van der Waals surface area contributed by atoms with Crippen LogP contribution >= 0.6 is 11.3 Å². The summed E-state index contributed by atoms with van der Waals surface area (Å²) in [4.78, 5) is 27.1.